The lowest BCUT2D eigenvalue weighted by atomic mass is 9.71. The molecule has 0 amide bonds. The van der Waals surface area contributed by atoms with Gasteiger partial charge in [-0.25, -0.2) is 4.79 Å². The Balaban J connectivity index is 0.00000392. The summed E-state index contributed by atoms with van der Waals surface area (Å²) in [6.07, 6.45) is 5.03. The first kappa shape index (κ1) is 24.9. The summed E-state index contributed by atoms with van der Waals surface area (Å²) < 4.78 is 5.66. The zero-order valence-electron chi connectivity index (χ0n) is 18.2. The van der Waals surface area contributed by atoms with Crippen LogP contribution in [0.2, 0.25) is 0 Å². The van der Waals surface area contributed by atoms with E-state index in [4.69, 9.17) is 4.74 Å². The van der Waals surface area contributed by atoms with Crippen LogP contribution in [0.25, 0.3) is 0 Å². The van der Waals surface area contributed by atoms with Crippen molar-refractivity contribution in [3.63, 3.8) is 0 Å². The van der Waals surface area contributed by atoms with Gasteiger partial charge in [-0.05, 0) is 57.8 Å². The van der Waals surface area contributed by atoms with Crippen molar-refractivity contribution in [2.75, 3.05) is 26.2 Å². The molecule has 1 atom stereocenters. The third-order valence-corrected chi connectivity index (χ3v) is 6.10. The average molecular weight is 412 g/mol. The van der Waals surface area contributed by atoms with E-state index in [0.29, 0.717) is 13.2 Å². The van der Waals surface area contributed by atoms with Crippen LogP contribution in [0, 0.1) is 26.7 Å². The highest BCUT2D eigenvalue weighted by atomic mass is 35.5. The van der Waals surface area contributed by atoms with Gasteiger partial charge in [0.25, 0.3) is 0 Å². The molecule has 5 heteroatoms. The number of esters is 1. The summed E-state index contributed by atoms with van der Waals surface area (Å²) in [5.41, 5.74) is 2.30. The Kier molecular flexibility index (Phi) is 9.96. The van der Waals surface area contributed by atoms with Crippen molar-refractivity contribution in [2.24, 2.45) is 5.92 Å². The fraction of sp³-hybridized carbons (Fsp3) is 0.696. The molecular formula is C23H38ClNO3. The van der Waals surface area contributed by atoms with Crippen molar-refractivity contribution >= 4 is 18.4 Å². The average Bonchev–Trinajstić information content (AvgIpc) is 2.64. The normalized spacial score (nSPS) is 17.1. The number of aliphatic hydroxyl groups is 1. The van der Waals surface area contributed by atoms with Crippen LogP contribution in [0.1, 0.15) is 68.2 Å². The third kappa shape index (κ3) is 5.49. The molecule has 1 aromatic rings. The van der Waals surface area contributed by atoms with Crippen molar-refractivity contribution in [2.45, 2.75) is 72.3 Å². The molecule has 1 fully saturated rings. The molecular weight excluding hydrogens is 374 g/mol. The number of rotatable bonds is 8. The van der Waals surface area contributed by atoms with Crippen LogP contribution in [0.15, 0.2) is 12.1 Å². The van der Waals surface area contributed by atoms with Crippen molar-refractivity contribution in [1.82, 2.24) is 4.90 Å². The Morgan fingerprint density at radius 2 is 1.64 bits per heavy atom. The molecule has 1 aliphatic carbocycles. The van der Waals surface area contributed by atoms with Gasteiger partial charge in [0.2, 0.25) is 0 Å². The summed E-state index contributed by atoms with van der Waals surface area (Å²) in [6, 6.07) is 4.11. The van der Waals surface area contributed by atoms with Gasteiger partial charge >= 0.3 is 5.97 Å². The topological polar surface area (TPSA) is 49.8 Å². The van der Waals surface area contributed by atoms with Gasteiger partial charge in [0.05, 0.1) is 0 Å². The van der Waals surface area contributed by atoms with Crippen LogP contribution >= 0.6 is 12.4 Å². The number of carbonyl (C=O) groups excluding carboxylic acids is 1. The maximum atomic E-state index is 13.2. The molecule has 1 unspecified atom stereocenters. The highest BCUT2D eigenvalue weighted by Gasteiger charge is 2.48. The van der Waals surface area contributed by atoms with Gasteiger partial charge in [-0.3, -0.25) is 0 Å². The highest BCUT2D eigenvalue weighted by Crippen LogP contribution is 2.43. The lowest BCUT2D eigenvalue weighted by Crippen LogP contribution is -2.47. The third-order valence-electron chi connectivity index (χ3n) is 6.10. The summed E-state index contributed by atoms with van der Waals surface area (Å²) in [6.45, 7) is 13.1. The van der Waals surface area contributed by atoms with E-state index in [1.807, 2.05) is 20.8 Å². The van der Waals surface area contributed by atoms with E-state index < -0.39 is 11.6 Å². The van der Waals surface area contributed by atoms with Crippen LogP contribution in [-0.2, 0) is 15.1 Å². The molecule has 0 bridgehead atoms. The SMILES string of the molecule is CCN(CC)CCOC(=O)C(O)(c1c(C)cc(C)cc1C)C1CCCCC1.Cl. The first-order valence-electron chi connectivity index (χ1n) is 10.5. The number of halogens is 1. The molecule has 0 heterocycles. The lowest BCUT2D eigenvalue weighted by Gasteiger charge is -2.38. The number of likely N-dealkylation sites (N-methyl/N-ethyl adjacent to an activating group) is 1. The van der Waals surface area contributed by atoms with Crippen LogP contribution < -0.4 is 0 Å². The molecule has 2 rings (SSSR count). The Hall–Kier alpha value is -1.10. The Morgan fingerprint density at radius 1 is 1.11 bits per heavy atom. The van der Waals surface area contributed by atoms with Crippen molar-refractivity contribution in [3.8, 4) is 0 Å². The summed E-state index contributed by atoms with van der Waals surface area (Å²) in [7, 11) is 0. The second kappa shape index (κ2) is 11.2. The van der Waals surface area contributed by atoms with Gasteiger partial charge in [-0.15, -0.1) is 12.4 Å². The van der Waals surface area contributed by atoms with E-state index in [-0.39, 0.29) is 18.3 Å². The van der Waals surface area contributed by atoms with Gasteiger partial charge in [0, 0.05) is 18.0 Å². The van der Waals surface area contributed by atoms with Crippen molar-refractivity contribution < 1.29 is 14.6 Å². The minimum atomic E-state index is -1.55. The Labute approximate surface area is 177 Å². The minimum Gasteiger partial charge on any atom is -0.462 e. The van der Waals surface area contributed by atoms with E-state index in [9.17, 15) is 9.90 Å². The first-order chi connectivity index (χ1) is 12.8. The summed E-state index contributed by atoms with van der Waals surface area (Å²) >= 11 is 0. The standard InChI is InChI=1S/C23H37NO3.ClH/c1-6-24(7-2)13-14-27-22(25)23(26,20-11-9-8-10-12-20)21-18(4)15-17(3)16-19(21)5;/h15-16,20,26H,6-14H2,1-5H3;1H. The van der Waals surface area contributed by atoms with Crippen molar-refractivity contribution in [1.29, 1.82) is 0 Å². The van der Waals surface area contributed by atoms with Crippen LogP contribution in [-0.4, -0.2) is 42.2 Å². The summed E-state index contributed by atoms with van der Waals surface area (Å²) in [4.78, 5) is 15.4. The molecule has 1 N–H and O–H groups in total. The van der Waals surface area contributed by atoms with Crippen LogP contribution in [0.5, 0.6) is 0 Å². The second-order valence-electron chi connectivity index (χ2n) is 8.04. The molecule has 0 radical (unpaired) electrons. The van der Waals surface area contributed by atoms with Gasteiger partial charge in [-0.2, -0.15) is 0 Å². The van der Waals surface area contributed by atoms with Crippen molar-refractivity contribution in [3.05, 3.63) is 34.4 Å². The number of aryl methyl sites for hydroxylation is 3. The molecule has 4 nitrogen and oxygen atoms in total. The molecule has 0 aliphatic heterocycles. The monoisotopic (exact) mass is 411 g/mol. The van der Waals surface area contributed by atoms with Gasteiger partial charge in [0.1, 0.15) is 6.61 Å². The highest BCUT2D eigenvalue weighted by molar-refractivity contribution is 5.85. The number of hydrogen-bond acceptors (Lipinski definition) is 4. The first-order valence-corrected chi connectivity index (χ1v) is 10.5. The van der Waals surface area contributed by atoms with E-state index >= 15 is 0 Å². The molecule has 0 aromatic heterocycles. The number of nitrogens with zero attached hydrogens (tertiary/aromatic N) is 1. The molecule has 0 saturated heterocycles. The van der Waals surface area contributed by atoms with Crippen LogP contribution in [0.3, 0.4) is 0 Å². The maximum absolute atomic E-state index is 13.2. The molecule has 1 aliphatic rings. The number of hydrogen-bond donors (Lipinski definition) is 1. The van der Waals surface area contributed by atoms with E-state index in [1.54, 1.807) is 0 Å². The Morgan fingerprint density at radius 3 is 2.14 bits per heavy atom. The number of carbonyl (C=O) groups is 1. The fourth-order valence-electron chi connectivity index (χ4n) is 4.69. The van der Waals surface area contributed by atoms with Gasteiger partial charge < -0.3 is 14.7 Å². The predicted octanol–water partition coefficient (Wildman–Crippen LogP) is 4.69. The largest absolute Gasteiger partial charge is 0.462 e. The smallest absolute Gasteiger partial charge is 0.343 e. The number of ether oxygens (including phenoxy) is 1. The molecule has 1 aromatic carbocycles. The predicted molar refractivity (Wildman–Crippen MR) is 117 cm³/mol. The second-order valence-corrected chi connectivity index (χ2v) is 8.04. The summed E-state index contributed by atoms with van der Waals surface area (Å²) in [5, 5.41) is 11.8. The zero-order valence-corrected chi connectivity index (χ0v) is 19.0. The maximum Gasteiger partial charge on any atom is 0.343 e. The molecule has 0 spiro atoms. The molecule has 28 heavy (non-hydrogen) atoms. The Bertz CT molecular complexity index is 616. The van der Waals surface area contributed by atoms with Crippen LogP contribution in [0.4, 0.5) is 0 Å². The molecule has 1 saturated carbocycles. The fourth-order valence-corrected chi connectivity index (χ4v) is 4.69. The van der Waals surface area contributed by atoms with E-state index in [0.717, 1.165) is 61.0 Å². The minimum absolute atomic E-state index is 0. The molecule has 160 valence electrons. The van der Waals surface area contributed by atoms with Gasteiger partial charge in [0.15, 0.2) is 5.60 Å². The quantitative estimate of drug-likeness (QED) is 0.630. The lowest BCUT2D eigenvalue weighted by molar-refractivity contribution is -0.176. The van der Waals surface area contributed by atoms with E-state index in [1.165, 1.54) is 6.42 Å². The summed E-state index contributed by atoms with van der Waals surface area (Å²) in [5.74, 6) is -0.552. The zero-order chi connectivity index (χ0) is 20.0. The van der Waals surface area contributed by atoms with E-state index in [2.05, 4.69) is 30.9 Å². The van der Waals surface area contributed by atoms with Gasteiger partial charge in [-0.1, -0.05) is 50.8 Å². The number of benzene rings is 1.